The molecule has 0 unspecified atom stereocenters. The van der Waals surface area contributed by atoms with Gasteiger partial charge >= 0.3 is 5.82 Å². The number of aromatic nitrogens is 1. The van der Waals surface area contributed by atoms with E-state index < -0.39 is 4.92 Å². The van der Waals surface area contributed by atoms with Crippen molar-refractivity contribution < 1.29 is 18.8 Å². The number of nitro groups is 1. The van der Waals surface area contributed by atoms with Crippen molar-refractivity contribution in [3.8, 4) is 17.1 Å². The standard InChI is InChI=1S/C16H14N2O5/c1-2-21-10-22-12-5-6-14-11(8-12)9-15(23-14)13-4-3-7-17-16(13)18(19)20/h3-9H,2,10H2,1H3. The molecule has 0 saturated heterocycles. The van der Waals surface area contributed by atoms with E-state index >= 15 is 0 Å². The zero-order valence-corrected chi connectivity index (χ0v) is 12.4. The topological polar surface area (TPSA) is 87.6 Å². The average Bonchev–Trinajstić information content (AvgIpc) is 2.98. The van der Waals surface area contributed by atoms with E-state index in [9.17, 15) is 10.1 Å². The molecule has 3 aromatic rings. The molecule has 0 spiro atoms. The van der Waals surface area contributed by atoms with Crippen LogP contribution in [0.25, 0.3) is 22.3 Å². The summed E-state index contributed by atoms with van der Waals surface area (Å²) >= 11 is 0. The third-order valence-corrected chi connectivity index (χ3v) is 3.23. The minimum absolute atomic E-state index is 0.167. The number of hydrogen-bond acceptors (Lipinski definition) is 6. The molecule has 0 amide bonds. The van der Waals surface area contributed by atoms with E-state index in [1.165, 1.54) is 6.20 Å². The van der Waals surface area contributed by atoms with Crippen LogP contribution in [0.1, 0.15) is 6.92 Å². The quantitative estimate of drug-likeness (QED) is 0.298. The van der Waals surface area contributed by atoms with Gasteiger partial charge in [0.25, 0.3) is 0 Å². The molecule has 3 rings (SSSR count). The molecule has 0 aliphatic rings. The summed E-state index contributed by atoms with van der Waals surface area (Å²) in [6.45, 7) is 2.62. The number of nitrogens with zero attached hydrogens (tertiary/aromatic N) is 2. The number of furan rings is 1. The van der Waals surface area contributed by atoms with Crippen molar-refractivity contribution in [3.63, 3.8) is 0 Å². The van der Waals surface area contributed by atoms with Crippen LogP contribution in [0.2, 0.25) is 0 Å². The maximum absolute atomic E-state index is 11.1. The van der Waals surface area contributed by atoms with Crippen molar-refractivity contribution in [2.75, 3.05) is 13.4 Å². The predicted molar refractivity (Wildman–Crippen MR) is 83.2 cm³/mol. The molecule has 0 fully saturated rings. The molecule has 0 atom stereocenters. The van der Waals surface area contributed by atoms with Gasteiger partial charge in [-0.1, -0.05) is 0 Å². The van der Waals surface area contributed by atoms with Crippen LogP contribution in [0.4, 0.5) is 5.82 Å². The van der Waals surface area contributed by atoms with Gasteiger partial charge in [-0.2, -0.15) is 0 Å². The van der Waals surface area contributed by atoms with Crippen molar-refractivity contribution in [3.05, 3.63) is 52.7 Å². The number of hydrogen-bond donors (Lipinski definition) is 0. The monoisotopic (exact) mass is 314 g/mol. The fraction of sp³-hybridized carbons (Fsp3) is 0.188. The van der Waals surface area contributed by atoms with E-state index in [1.54, 1.807) is 36.4 Å². The summed E-state index contributed by atoms with van der Waals surface area (Å²) < 4.78 is 16.3. The Bertz CT molecular complexity index is 843. The zero-order valence-electron chi connectivity index (χ0n) is 12.4. The van der Waals surface area contributed by atoms with Crippen LogP contribution in [0, 0.1) is 10.1 Å². The highest BCUT2D eigenvalue weighted by atomic mass is 16.7. The Labute approximate surface area is 131 Å². The van der Waals surface area contributed by atoms with Gasteiger partial charge in [0.05, 0.1) is 0 Å². The molecule has 2 heterocycles. The lowest BCUT2D eigenvalue weighted by Gasteiger charge is -2.04. The van der Waals surface area contributed by atoms with Crippen molar-refractivity contribution in [2.45, 2.75) is 6.92 Å². The van der Waals surface area contributed by atoms with Gasteiger partial charge in [0.15, 0.2) is 6.79 Å². The van der Waals surface area contributed by atoms with Crippen LogP contribution in [-0.4, -0.2) is 23.3 Å². The van der Waals surface area contributed by atoms with Gasteiger partial charge in [-0.05, 0) is 53.2 Å². The largest absolute Gasteiger partial charge is 0.468 e. The van der Waals surface area contributed by atoms with Crippen molar-refractivity contribution in [1.82, 2.24) is 4.98 Å². The van der Waals surface area contributed by atoms with Gasteiger partial charge in [0.1, 0.15) is 28.9 Å². The molecule has 0 aliphatic carbocycles. The summed E-state index contributed by atoms with van der Waals surface area (Å²) in [5.74, 6) is 0.792. The smallest absolute Gasteiger partial charge is 0.374 e. The highest BCUT2D eigenvalue weighted by Gasteiger charge is 2.19. The van der Waals surface area contributed by atoms with E-state index in [0.717, 1.165) is 5.39 Å². The molecule has 7 heteroatoms. The lowest BCUT2D eigenvalue weighted by molar-refractivity contribution is -0.388. The van der Waals surface area contributed by atoms with Crippen LogP contribution < -0.4 is 4.74 Å². The summed E-state index contributed by atoms with van der Waals surface area (Å²) in [6.07, 6.45) is 1.38. The first kappa shape index (κ1) is 15.0. The van der Waals surface area contributed by atoms with Crippen LogP contribution in [0.15, 0.2) is 47.0 Å². The Balaban J connectivity index is 1.96. The number of pyridine rings is 1. The second-order valence-corrected chi connectivity index (χ2v) is 4.70. The highest BCUT2D eigenvalue weighted by Crippen LogP contribution is 2.33. The van der Waals surface area contributed by atoms with E-state index in [2.05, 4.69) is 4.98 Å². The van der Waals surface area contributed by atoms with Gasteiger partial charge in [0, 0.05) is 12.0 Å². The molecule has 0 bridgehead atoms. The highest BCUT2D eigenvalue weighted by molar-refractivity contribution is 5.85. The van der Waals surface area contributed by atoms with Crippen LogP contribution in [0.3, 0.4) is 0 Å². The van der Waals surface area contributed by atoms with Gasteiger partial charge in [-0.15, -0.1) is 0 Å². The average molecular weight is 314 g/mol. The van der Waals surface area contributed by atoms with Crippen LogP contribution >= 0.6 is 0 Å². The van der Waals surface area contributed by atoms with E-state index in [0.29, 0.717) is 29.3 Å². The third-order valence-electron chi connectivity index (χ3n) is 3.23. The summed E-state index contributed by atoms with van der Waals surface area (Å²) in [4.78, 5) is 14.3. The van der Waals surface area contributed by atoms with Gasteiger partial charge in [-0.3, -0.25) is 0 Å². The third kappa shape index (κ3) is 3.14. The predicted octanol–water partition coefficient (Wildman–Crippen LogP) is 3.78. The normalized spacial score (nSPS) is 10.8. The zero-order chi connectivity index (χ0) is 16.2. The minimum atomic E-state index is -0.529. The minimum Gasteiger partial charge on any atom is -0.468 e. The Morgan fingerprint density at radius 2 is 2.17 bits per heavy atom. The molecule has 0 radical (unpaired) electrons. The second kappa shape index (κ2) is 6.45. The molecule has 118 valence electrons. The Morgan fingerprint density at radius 1 is 1.30 bits per heavy atom. The van der Waals surface area contributed by atoms with E-state index in [4.69, 9.17) is 13.9 Å². The fourth-order valence-electron chi connectivity index (χ4n) is 2.17. The molecule has 23 heavy (non-hydrogen) atoms. The van der Waals surface area contributed by atoms with Crippen LogP contribution in [-0.2, 0) is 4.74 Å². The molecular formula is C16H14N2O5. The molecule has 0 aliphatic heterocycles. The maximum atomic E-state index is 11.1. The number of benzene rings is 1. The Morgan fingerprint density at radius 3 is 2.96 bits per heavy atom. The second-order valence-electron chi connectivity index (χ2n) is 4.70. The summed E-state index contributed by atoms with van der Waals surface area (Å²) in [7, 11) is 0. The number of rotatable bonds is 6. The van der Waals surface area contributed by atoms with Crippen molar-refractivity contribution in [1.29, 1.82) is 0 Å². The SMILES string of the molecule is CCOCOc1ccc2oc(-c3cccnc3[N+](=O)[O-])cc2c1. The molecule has 0 N–H and O–H groups in total. The van der Waals surface area contributed by atoms with Gasteiger partial charge < -0.3 is 24.0 Å². The number of fused-ring (bicyclic) bond motifs is 1. The first-order valence-electron chi connectivity index (χ1n) is 7.03. The maximum Gasteiger partial charge on any atom is 0.374 e. The van der Waals surface area contributed by atoms with Gasteiger partial charge in [0.2, 0.25) is 0 Å². The number of ether oxygens (including phenoxy) is 2. The molecule has 2 aromatic heterocycles. The van der Waals surface area contributed by atoms with E-state index in [1.807, 2.05) is 6.92 Å². The van der Waals surface area contributed by atoms with E-state index in [-0.39, 0.29) is 12.6 Å². The fourth-order valence-corrected chi connectivity index (χ4v) is 2.17. The molecule has 0 saturated carbocycles. The first-order chi connectivity index (χ1) is 11.2. The Hall–Kier alpha value is -2.93. The summed E-state index contributed by atoms with van der Waals surface area (Å²) in [5, 5.41) is 11.9. The Kier molecular flexibility index (Phi) is 4.20. The summed E-state index contributed by atoms with van der Waals surface area (Å²) in [5.41, 5.74) is 0.951. The molecule has 7 nitrogen and oxygen atoms in total. The van der Waals surface area contributed by atoms with Gasteiger partial charge in [-0.25, -0.2) is 0 Å². The first-order valence-corrected chi connectivity index (χ1v) is 7.03. The molecular weight excluding hydrogens is 300 g/mol. The lowest BCUT2D eigenvalue weighted by Crippen LogP contribution is -2.01. The summed E-state index contributed by atoms with van der Waals surface area (Å²) in [6, 6.07) is 10.3. The molecule has 1 aromatic carbocycles. The van der Waals surface area contributed by atoms with Crippen molar-refractivity contribution in [2.24, 2.45) is 0 Å². The van der Waals surface area contributed by atoms with Crippen LogP contribution in [0.5, 0.6) is 5.75 Å². The lowest BCUT2D eigenvalue weighted by atomic mass is 10.2. The van der Waals surface area contributed by atoms with Crippen molar-refractivity contribution >= 4 is 16.8 Å².